The number of carbonyl (C=O) groups excluding carboxylic acids is 2. The van der Waals surface area contributed by atoms with Crippen molar-refractivity contribution >= 4 is 35.1 Å². The lowest BCUT2D eigenvalue weighted by atomic mass is 10.0. The molecule has 4 rings (SSSR count). The summed E-state index contributed by atoms with van der Waals surface area (Å²) in [6.45, 7) is 7.39. The highest BCUT2D eigenvalue weighted by molar-refractivity contribution is 6.39. The van der Waals surface area contributed by atoms with Crippen molar-refractivity contribution in [1.29, 1.82) is 0 Å². The Bertz CT molecular complexity index is 1490. The number of aliphatic carboxylic acids is 1. The number of oxazole rings is 1. The number of anilines is 2. The topological polar surface area (TPSA) is 175 Å². The molecule has 0 bridgehead atoms. The van der Waals surface area contributed by atoms with Crippen LogP contribution in [0.25, 0.3) is 11.3 Å². The molecule has 0 atom stereocenters. The third-order valence-corrected chi connectivity index (χ3v) is 6.53. The van der Waals surface area contributed by atoms with Crippen molar-refractivity contribution in [3.63, 3.8) is 0 Å². The summed E-state index contributed by atoms with van der Waals surface area (Å²) < 4.78 is 42.4. The number of nitrogens with one attached hydrogen (secondary N) is 2. The summed E-state index contributed by atoms with van der Waals surface area (Å²) in [6, 6.07) is 11.8. The average Bonchev–Trinajstić information content (AvgIpc) is 3.52. The second-order valence-corrected chi connectivity index (χ2v) is 10.5. The fourth-order valence-corrected chi connectivity index (χ4v) is 4.45. The van der Waals surface area contributed by atoms with Gasteiger partial charge in [0.25, 0.3) is 0 Å². The van der Waals surface area contributed by atoms with Gasteiger partial charge in [0.05, 0.1) is 24.4 Å². The van der Waals surface area contributed by atoms with Gasteiger partial charge in [-0.3, -0.25) is 14.5 Å². The Balaban J connectivity index is 0.000000707. The zero-order valence-electron chi connectivity index (χ0n) is 24.6. The SMILES string of the molecule is COc1cc(NC(=O)C(=O)NC(C)(C)CN2CCN(c3ccc(C(=O)O)cc3)CC2)ccc1-c1cnco1.O=C(O)C(F)(F)F. The van der Waals surface area contributed by atoms with Crippen LogP contribution in [0.2, 0.25) is 0 Å². The molecule has 0 spiro atoms. The molecule has 1 aliphatic heterocycles. The van der Waals surface area contributed by atoms with E-state index >= 15 is 0 Å². The molecule has 2 aromatic carbocycles. The molecule has 1 fully saturated rings. The Hall–Kier alpha value is -5.12. The number of hydrogen-bond donors (Lipinski definition) is 4. The van der Waals surface area contributed by atoms with Gasteiger partial charge >= 0.3 is 29.9 Å². The zero-order valence-corrected chi connectivity index (χ0v) is 24.6. The van der Waals surface area contributed by atoms with E-state index < -0.39 is 35.5 Å². The first kappa shape index (κ1) is 34.4. The summed E-state index contributed by atoms with van der Waals surface area (Å²) in [5.41, 5.74) is 1.68. The highest BCUT2D eigenvalue weighted by Gasteiger charge is 2.38. The lowest BCUT2D eigenvalue weighted by Gasteiger charge is -2.40. The molecule has 0 aliphatic carbocycles. The molecule has 1 saturated heterocycles. The first-order chi connectivity index (χ1) is 21.1. The van der Waals surface area contributed by atoms with E-state index in [1.165, 1.54) is 13.5 Å². The third-order valence-electron chi connectivity index (χ3n) is 6.53. The van der Waals surface area contributed by atoms with Gasteiger partial charge in [-0.15, -0.1) is 0 Å². The average molecular weight is 636 g/mol. The van der Waals surface area contributed by atoms with E-state index in [4.69, 9.17) is 24.2 Å². The van der Waals surface area contributed by atoms with Crippen LogP contribution in [-0.4, -0.2) is 95.4 Å². The molecule has 0 radical (unpaired) electrons. The van der Waals surface area contributed by atoms with Gasteiger partial charge in [-0.1, -0.05) is 0 Å². The molecule has 16 heteroatoms. The van der Waals surface area contributed by atoms with Crippen LogP contribution in [0.4, 0.5) is 24.5 Å². The van der Waals surface area contributed by atoms with Gasteiger partial charge in [-0.25, -0.2) is 14.6 Å². The van der Waals surface area contributed by atoms with E-state index in [1.54, 1.807) is 36.5 Å². The zero-order chi connectivity index (χ0) is 33.4. The van der Waals surface area contributed by atoms with Crippen LogP contribution in [0, 0.1) is 0 Å². The minimum absolute atomic E-state index is 0.261. The van der Waals surface area contributed by atoms with E-state index in [0.29, 0.717) is 29.3 Å². The number of nitrogens with zero attached hydrogens (tertiary/aromatic N) is 3. The number of carboxylic acid groups (broad SMARTS) is 2. The van der Waals surface area contributed by atoms with Gasteiger partial charge in [-0.2, -0.15) is 13.2 Å². The van der Waals surface area contributed by atoms with Crippen molar-refractivity contribution in [2.75, 3.05) is 50.1 Å². The Morgan fingerprint density at radius 1 is 0.978 bits per heavy atom. The van der Waals surface area contributed by atoms with Crippen LogP contribution in [0.3, 0.4) is 0 Å². The predicted molar refractivity (Wildman–Crippen MR) is 155 cm³/mol. The third kappa shape index (κ3) is 9.96. The molecule has 4 N–H and O–H groups in total. The van der Waals surface area contributed by atoms with E-state index in [0.717, 1.165) is 31.9 Å². The number of halogens is 3. The summed E-state index contributed by atoms with van der Waals surface area (Å²) in [5.74, 6) is -4.21. The number of methoxy groups -OCH3 is 1. The maximum absolute atomic E-state index is 12.7. The molecule has 45 heavy (non-hydrogen) atoms. The van der Waals surface area contributed by atoms with Crippen LogP contribution in [0.1, 0.15) is 24.2 Å². The number of alkyl halides is 3. The second-order valence-electron chi connectivity index (χ2n) is 10.5. The van der Waals surface area contributed by atoms with Crippen molar-refractivity contribution in [2.24, 2.45) is 0 Å². The highest BCUT2D eigenvalue weighted by atomic mass is 19.4. The minimum Gasteiger partial charge on any atom is -0.496 e. The van der Waals surface area contributed by atoms with Crippen molar-refractivity contribution in [2.45, 2.75) is 25.6 Å². The standard InChI is InChI=1S/C27H31N5O6.C2HF3O2/c1-27(2,16-31-10-12-32(13-11-31)20-7-4-18(5-8-20)26(35)36)30-25(34)24(33)29-19-6-9-21(22(14-19)37-3)23-15-28-17-38-23;3-2(4,5)1(6)7/h4-9,14-15,17H,10-13,16H2,1-3H3,(H,29,33)(H,30,34)(H,35,36);(H,6,7). The maximum atomic E-state index is 12.7. The number of benzene rings is 2. The van der Waals surface area contributed by atoms with Crippen molar-refractivity contribution in [1.82, 2.24) is 15.2 Å². The molecule has 2 heterocycles. The quantitative estimate of drug-likeness (QED) is 0.267. The molecular formula is C29H32F3N5O8. The van der Waals surface area contributed by atoms with Gasteiger partial charge in [-0.05, 0) is 50.2 Å². The molecule has 3 aromatic rings. The predicted octanol–water partition coefficient (Wildman–Crippen LogP) is 3.34. The van der Waals surface area contributed by atoms with Gasteiger partial charge in [0.15, 0.2) is 12.2 Å². The van der Waals surface area contributed by atoms with Gasteiger partial charge in [0, 0.05) is 55.7 Å². The van der Waals surface area contributed by atoms with Gasteiger partial charge < -0.3 is 34.9 Å². The maximum Gasteiger partial charge on any atom is 0.490 e. The number of carboxylic acids is 2. The van der Waals surface area contributed by atoms with E-state index in [-0.39, 0.29) is 5.56 Å². The number of rotatable bonds is 8. The normalized spacial score (nSPS) is 13.7. The summed E-state index contributed by atoms with van der Waals surface area (Å²) in [4.78, 5) is 53.6. The van der Waals surface area contributed by atoms with Crippen LogP contribution >= 0.6 is 0 Å². The van der Waals surface area contributed by atoms with Crippen molar-refractivity contribution in [3.8, 4) is 17.1 Å². The number of hydrogen-bond acceptors (Lipinski definition) is 9. The van der Waals surface area contributed by atoms with Gasteiger partial charge in [0.1, 0.15) is 5.75 Å². The second kappa shape index (κ2) is 14.6. The molecule has 1 aromatic heterocycles. The summed E-state index contributed by atoms with van der Waals surface area (Å²) in [7, 11) is 1.50. The number of amides is 2. The van der Waals surface area contributed by atoms with E-state index in [2.05, 4.69) is 25.4 Å². The Morgan fingerprint density at radius 3 is 2.11 bits per heavy atom. The van der Waals surface area contributed by atoms with E-state index in [9.17, 15) is 27.6 Å². The number of carbonyl (C=O) groups is 4. The summed E-state index contributed by atoms with van der Waals surface area (Å²) in [6.07, 6.45) is -2.21. The van der Waals surface area contributed by atoms with Crippen molar-refractivity contribution < 1.29 is 51.7 Å². The number of piperazine rings is 1. The van der Waals surface area contributed by atoms with E-state index in [1.807, 2.05) is 26.0 Å². The molecule has 0 saturated carbocycles. The highest BCUT2D eigenvalue weighted by Crippen LogP contribution is 2.32. The van der Waals surface area contributed by atoms with Crippen LogP contribution < -0.4 is 20.3 Å². The summed E-state index contributed by atoms with van der Waals surface area (Å²) >= 11 is 0. The number of aromatic carboxylic acids is 1. The number of aromatic nitrogens is 1. The van der Waals surface area contributed by atoms with Crippen LogP contribution in [0.5, 0.6) is 5.75 Å². The molecule has 13 nitrogen and oxygen atoms in total. The van der Waals surface area contributed by atoms with Crippen molar-refractivity contribution in [3.05, 3.63) is 60.6 Å². The minimum atomic E-state index is -5.08. The van der Waals surface area contributed by atoms with Gasteiger partial charge in [0.2, 0.25) is 0 Å². The smallest absolute Gasteiger partial charge is 0.490 e. The first-order valence-corrected chi connectivity index (χ1v) is 13.4. The Morgan fingerprint density at radius 2 is 1.60 bits per heavy atom. The molecule has 2 amide bonds. The largest absolute Gasteiger partial charge is 0.496 e. The first-order valence-electron chi connectivity index (χ1n) is 13.4. The lowest BCUT2D eigenvalue weighted by molar-refractivity contribution is -0.192. The Kier molecular flexibility index (Phi) is 11.1. The molecular weight excluding hydrogens is 603 g/mol. The fourth-order valence-electron chi connectivity index (χ4n) is 4.45. The molecule has 0 unspecified atom stereocenters. The fraction of sp³-hybridized carbons (Fsp3) is 0.345. The van der Waals surface area contributed by atoms with Crippen LogP contribution in [-0.2, 0) is 14.4 Å². The van der Waals surface area contributed by atoms with Crippen LogP contribution in [0.15, 0.2) is 59.5 Å². The lowest BCUT2D eigenvalue weighted by Crippen LogP contribution is -2.57. The summed E-state index contributed by atoms with van der Waals surface area (Å²) in [5, 5.41) is 21.6. The number of ether oxygens (including phenoxy) is 1. The molecule has 242 valence electrons. The monoisotopic (exact) mass is 635 g/mol. The Labute approximate surface area is 255 Å². The molecule has 1 aliphatic rings.